The van der Waals surface area contributed by atoms with Gasteiger partial charge in [0.2, 0.25) is 0 Å². The summed E-state index contributed by atoms with van der Waals surface area (Å²) in [6.07, 6.45) is 1.07. The molecule has 22 heavy (non-hydrogen) atoms. The molecule has 0 bridgehead atoms. The highest BCUT2D eigenvalue weighted by Gasteiger charge is 2.13. The van der Waals surface area contributed by atoms with Gasteiger partial charge in [-0.05, 0) is 60.7 Å². The van der Waals surface area contributed by atoms with Crippen molar-refractivity contribution in [2.75, 3.05) is 11.3 Å². The number of hydrogen-bond acceptors (Lipinski definition) is 6. The molecule has 1 aliphatic heterocycles. The Kier molecular flexibility index (Phi) is 3.73. The Morgan fingerprint density at radius 3 is 3.05 bits per heavy atom. The number of nitrogens with one attached hydrogen (secondary N) is 2. The zero-order valence-corrected chi connectivity index (χ0v) is 13.9. The van der Waals surface area contributed by atoms with E-state index in [1.807, 2.05) is 0 Å². The molecule has 3 aromatic rings. The van der Waals surface area contributed by atoms with Crippen molar-refractivity contribution in [2.45, 2.75) is 24.8 Å². The molecule has 2 heterocycles. The quantitative estimate of drug-likeness (QED) is 0.717. The van der Waals surface area contributed by atoms with Crippen LogP contribution in [0, 0.1) is 6.92 Å². The van der Waals surface area contributed by atoms with Crippen LogP contribution in [0.5, 0.6) is 0 Å². The van der Waals surface area contributed by atoms with Crippen LogP contribution in [0.25, 0.3) is 11.0 Å². The average molecular weight is 328 g/mol. The molecule has 0 spiro atoms. The molecule has 0 radical (unpaired) electrons. The fourth-order valence-corrected chi connectivity index (χ4v) is 4.25. The summed E-state index contributed by atoms with van der Waals surface area (Å²) >= 11 is 2.90. The van der Waals surface area contributed by atoms with Crippen LogP contribution in [0.4, 0.5) is 5.69 Å². The van der Waals surface area contributed by atoms with E-state index in [0.717, 1.165) is 35.4 Å². The maximum atomic E-state index is 4.44. The van der Waals surface area contributed by atoms with E-state index >= 15 is 0 Å². The van der Waals surface area contributed by atoms with Gasteiger partial charge in [-0.2, -0.15) is 8.75 Å². The van der Waals surface area contributed by atoms with Gasteiger partial charge in [-0.1, -0.05) is 18.2 Å². The van der Waals surface area contributed by atoms with Crippen LogP contribution in [0.15, 0.2) is 35.2 Å². The lowest BCUT2D eigenvalue weighted by Crippen LogP contribution is -2.24. The second kappa shape index (κ2) is 5.87. The Labute approximate surface area is 137 Å². The largest absolute Gasteiger partial charge is 0.325 e. The van der Waals surface area contributed by atoms with Gasteiger partial charge in [-0.25, -0.2) is 0 Å². The number of fused-ring (bicyclic) bond motifs is 2. The first-order chi connectivity index (χ1) is 10.8. The number of nitrogens with zero attached hydrogens (tertiary/aromatic N) is 2. The summed E-state index contributed by atoms with van der Waals surface area (Å²) in [7, 11) is 0. The molecule has 2 N–H and O–H groups in total. The first-order valence-electron chi connectivity index (χ1n) is 7.29. The van der Waals surface area contributed by atoms with E-state index < -0.39 is 0 Å². The Morgan fingerprint density at radius 1 is 1.18 bits per heavy atom. The van der Waals surface area contributed by atoms with Crippen LogP contribution in [-0.4, -0.2) is 15.3 Å². The van der Waals surface area contributed by atoms with Crippen molar-refractivity contribution in [1.29, 1.82) is 0 Å². The van der Waals surface area contributed by atoms with E-state index in [-0.39, 0.29) is 0 Å². The summed E-state index contributed by atoms with van der Waals surface area (Å²) < 4.78 is 12.3. The normalized spacial score (nSPS) is 14.0. The third kappa shape index (κ3) is 2.47. The fraction of sp³-hybridized carbons (Fsp3) is 0.250. The Balaban J connectivity index is 1.62. The van der Waals surface area contributed by atoms with Gasteiger partial charge in [-0.15, -0.1) is 0 Å². The fourth-order valence-electron chi connectivity index (χ4n) is 2.79. The lowest BCUT2D eigenvalue weighted by molar-refractivity contribution is 0.645. The first-order valence-corrected chi connectivity index (χ1v) is 8.84. The molecule has 6 heteroatoms. The molecule has 0 saturated heterocycles. The van der Waals surface area contributed by atoms with Crippen LogP contribution in [0.3, 0.4) is 0 Å². The molecule has 0 saturated carbocycles. The molecule has 0 unspecified atom stereocenters. The maximum Gasteiger partial charge on any atom is 0.120 e. The number of benzene rings is 2. The number of anilines is 1. The second-order valence-corrected chi connectivity index (χ2v) is 6.79. The smallest absolute Gasteiger partial charge is 0.120 e. The second-order valence-electron chi connectivity index (χ2n) is 5.42. The number of hydrogen-bond donors (Lipinski definition) is 2. The maximum absolute atomic E-state index is 4.44. The summed E-state index contributed by atoms with van der Waals surface area (Å²) in [5.74, 6) is 0. The predicted octanol–water partition coefficient (Wildman–Crippen LogP) is 3.76. The topological polar surface area (TPSA) is 49.8 Å². The standard InChI is InChI=1S/C16H16N4S2/c1-10-5-6-14(16-15(10)19-22-20-16)21-18-13-4-2-3-11-9-17-8-7-12(11)13/h2-6,17-18H,7-9H2,1H3. The first kappa shape index (κ1) is 14.0. The van der Waals surface area contributed by atoms with Crippen molar-refractivity contribution in [3.05, 3.63) is 47.0 Å². The van der Waals surface area contributed by atoms with Gasteiger partial charge in [0.05, 0.1) is 16.6 Å². The number of aromatic nitrogens is 2. The third-order valence-corrected chi connectivity index (χ3v) is 5.39. The zero-order chi connectivity index (χ0) is 14.9. The molecule has 0 atom stereocenters. The van der Waals surface area contributed by atoms with Crippen molar-refractivity contribution in [3.63, 3.8) is 0 Å². The van der Waals surface area contributed by atoms with E-state index in [1.165, 1.54) is 34.1 Å². The van der Waals surface area contributed by atoms with E-state index in [1.54, 1.807) is 11.9 Å². The third-order valence-electron chi connectivity index (χ3n) is 3.99. The van der Waals surface area contributed by atoms with Gasteiger partial charge >= 0.3 is 0 Å². The highest BCUT2D eigenvalue weighted by molar-refractivity contribution is 8.00. The van der Waals surface area contributed by atoms with Crippen molar-refractivity contribution >= 4 is 40.4 Å². The molecule has 0 fully saturated rings. The Morgan fingerprint density at radius 2 is 2.09 bits per heavy atom. The van der Waals surface area contributed by atoms with E-state index in [9.17, 15) is 0 Å². The summed E-state index contributed by atoms with van der Waals surface area (Å²) in [6.45, 7) is 4.08. The lowest BCUT2D eigenvalue weighted by Gasteiger charge is -2.20. The van der Waals surface area contributed by atoms with Gasteiger partial charge in [-0.3, -0.25) is 0 Å². The summed E-state index contributed by atoms with van der Waals surface area (Å²) in [5.41, 5.74) is 7.21. The van der Waals surface area contributed by atoms with Crippen molar-refractivity contribution in [2.24, 2.45) is 0 Å². The zero-order valence-electron chi connectivity index (χ0n) is 12.2. The molecule has 4 nitrogen and oxygen atoms in total. The molecule has 2 aromatic carbocycles. The molecule has 112 valence electrons. The summed E-state index contributed by atoms with van der Waals surface area (Å²) in [6, 6.07) is 10.7. The average Bonchev–Trinajstić information content (AvgIpc) is 3.05. The van der Waals surface area contributed by atoms with E-state index in [0.29, 0.717) is 0 Å². The van der Waals surface area contributed by atoms with Gasteiger partial charge in [0, 0.05) is 12.2 Å². The highest BCUT2D eigenvalue weighted by atomic mass is 32.2. The minimum Gasteiger partial charge on any atom is -0.325 e. The number of rotatable bonds is 3. The van der Waals surface area contributed by atoms with Crippen LogP contribution in [-0.2, 0) is 13.0 Å². The molecule has 4 rings (SSSR count). The predicted molar refractivity (Wildman–Crippen MR) is 93.5 cm³/mol. The lowest BCUT2D eigenvalue weighted by atomic mass is 9.99. The van der Waals surface area contributed by atoms with Crippen LogP contribution >= 0.6 is 23.7 Å². The van der Waals surface area contributed by atoms with Crippen LogP contribution in [0.1, 0.15) is 16.7 Å². The Bertz CT molecular complexity index is 828. The van der Waals surface area contributed by atoms with Crippen molar-refractivity contribution in [1.82, 2.24) is 14.1 Å². The van der Waals surface area contributed by atoms with Gasteiger partial charge in [0.25, 0.3) is 0 Å². The van der Waals surface area contributed by atoms with Gasteiger partial charge in [0.1, 0.15) is 11.0 Å². The molecule has 1 aliphatic rings. The van der Waals surface area contributed by atoms with Crippen LogP contribution in [0.2, 0.25) is 0 Å². The molecule has 1 aromatic heterocycles. The van der Waals surface area contributed by atoms with Gasteiger partial charge < -0.3 is 10.0 Å². The monoisotopic (exact) mass is 328 g/mol. The van der Waals surface area contributed by atoms with Crippen molar-refractivity contribution < 1.29 is 0 Å². The molecular weight excluding hydrogens is 312 g/mol. The minimum absolute atomic E-state index is 0.959. The Hall–Kier alpha value is -1.63. The van der Waals surface area contributed by atoms with E-state index in [2.05, 4.69) is 56.0 Å². The minimum atomic E-state index is 0.959. The molecule has 0 aliphatic carbocycles. The molecular formula is C16H16N4S2. The highest BCUT2D eigenvalue weighted by Crippen LogP contribution is 2.32. The van der Waals surface area contributed by atoms with Crippen LogP contribution < -0.4 is 10.0 Å². The van der Waals surface area contributed by atoms with Gasteiger partial charge in [0.15, 0.2) is 0 Å². The molecule has 0 amide bonds. The van der Waals surface area contributed by atoms with Crippen molar-refractivity contribution in [3.8, 4) is 0 Å². The summed E-state index contributed by atoms with van der Waals surface area (Å²) in [5, 5.41) is 3.42. The van der Waals surface area contributed by atoms with E-state index in [4.69, 9.17) is 0 Å². The SMILES string of the molecule is Cc1ccc(SNc2cccc3c2CCNC3)c2nsnc12. The summed E-state index contributed by atoms with van der Waals surface area (Å²) in [4.78, 5) is 1.13. The number of aryl methyl sites for hydroxylation is 1.